The molecule has 0 saturated heterocycles. The summed E-state index contributed by atoms with van der Waals surface area (Å²) in [6.07, 6.45) is 0. The summed E-state index contributed by atoms with van der Waals surface area (Å²) in [5, 5.41) is 23.7. The van der Waals surface area contributed by atoms with Crippen molar-refractivity contribution < 1.29 is 48.9 Å². The van der Waals surface area contributed by atoms with Gasteiger partial charge in [0, 0.05) is 16.7 Å². The molecule has 10 nitrogen and oxygen atoms in total. The molecule has 0 spiro atoms. The van der Waals surface area contributed by atoms with Crippen molar-refractivity contribution in [2.45, 2.75) is 20.8 Å². The topological polar surface area (TPSA) is 190 Å². The Hall–Kier alpha value is -2.26. The number of carbonyl (C=O) groups is 3. The molecule has 0 aromatic rings. The van der Waals surface area contributed by atoms with Crippen LogP contribution in [0.2, 0.25) is 0 Å². The molecule has 6 N–H and O–H groups in total. The largest absolute Gasteiger partial charge is 0.478 e. The Bertz CT molecular complexity index is 399. The number of hydrogen-bond donors (Lipinski definition) is 6. The lowest BCUT2D eigenvalue weighted by Gasteiger charge is -1.82. The van der Waals surface area contributed by atoms with Crippen LogP contribution < -0.4 is 0 Å². The van der Waals surface area contributed by atoms with Gasteiger partial charge in [0.15, 0.2) is 0 Å². The quantitative estimate of drug-likeness (QED) is 0.314. The zero-order valence-corrected chi connectivity index (χ0v) is 13.8. The van der Waals surface area contributed by atoms with Gasteiger partial charge in [0.05, 0.1) is 0 Å². The minimum Gasteiger partial charge on any atom is -0.478 e. The molecule has 0 atom stereocenters. The van der Waals surface area contributed by atoms with Gasteiger partial charge in [-0.1, -0.05) is 19.7 Å². The summed E-state index contributed by atoms with van der Waals surface area (Å²) in [6, 6.07) is 0. The SMILES string of the molecule is C=C(C)C(=O)O.C=C(C)C(=O)O.C=C(C)C(=O)O.O=P(O)(O)O. The van der Waals surface area contributed by atoms with Crippen LogP contribution >= 0.6 is 7.82 Å². The molecule has 0 saturated carbocycles. The lowest BCUT2D eigenvalue weighted by atomic mass is 10.4. The molecule has 0 bridgehead atoms. The summed E-state index contributed by atoms with van der Waals surface area (Å²) in [5.41, 5.74) is 0.528. The van der Waals surface area contributed by atoms with Crippen LogP contribution in [-0.4, -0.2) is 47.9 Å². The molecule has 23 heavy (non-hydrogen) atoms. The van der Waals surface area contributed by atoms with E-state index in [2.05, 4.69) is 19.7 Å². The molecule has 0 radical (unpaired) electrons. The van der Waals surface area contributed by atoms with Gasteiger partial charge in [-0.2, -0.15) is 0 Å². The number of phosphoric acid groups is 1. The minimum atomic E-state index is -4.64. The van der Waals surface area contributed by atoms with Crippen LogP contribution in [0.15, 0.2) is 36.5 Å². The molecular weight excluding hydrogens is 335 g/mol. The third-order valence-corrected chi connectivity index (χ3v) is 1.10. The van der Waals surface area contributed by atoms with E-state index in [1.165, 1.54) is 20.8 Å². The summed E-state index contributed by atoms with van der Waals surface area (Å²) in [7, 11) is -4.64. The van der Waals surface area contributed by atoms with Gasteiger partial charge >= 0.3 is 25.7 Å². The number of carboxylic acid groups (broad SMARTS) is 3. The second-order valence-electron chi connectivity index (χ2n) is 3.77. The van der Waals surface area contributed by atoms with Gasteiger partial charge in [-0.15, -0.1) is 0 Å². The highest BCUT2D eigenvalue weighted by molar-refractivity contribution is 7.45. The van der Waals surface area contributed by atoms with Crippen molar-refractivity contribution in [3.8, 4) is 0 Å². The fourth-order valence-electron chi connectivity index (χ4n) is 0. The van der Waals surface area contributed by atoms with E-state index in [0.717, 1.165) is 0 Å². The van der Waals surface area contributed by atoms with Crippen LogP contribution in [0.3, 0.4) is 0 Å². The Morgan fingerprint density at radius 3 is 0.696 bits per heavy atom. The molecule has 0 unspecified atom stereocenters. The predicted molar refractivity (Wildman–Crippen MR) is 81.6 cm³/mol. The molecule has 0 heterocycles. The van der Waals surface area contributed by atoms with E-state index >= 15 is 0 Å². The van der Waals surface area contributed by atoms with Gasteiger partial charge in [-0.25, -0.2) is 18.9 Å². The van der Waals surface area contributed by atoms with Crippen molar-refractivity contribution in [2.24, 2.45) is 0 Å². The molecular formula is C12H21O10P. The van der Waals surface area contributed by atoms with Gasteiger partial charge in [0.1, 0.15) is 0 Å². The van der Waals surface area contributed by atoms with E-state index in [-0.39, 0.29) is 16.7 Å². The van der Waals surface area contributed by atoms with Crippen LogP contribution in [0, 0.1) is 0 Å². The van der Waals surface area contributed by atoms with Crippen LogP contribution in [0.4, 0.5) is 0 Å². The molecule has 0 amide bonds. The Labute approximate surface area is 133 Å². The highest BCUT2D eigenvalue weighted by atomic mass is 31.2. The number of hydrogen-bond acceptors (Lipinski definition) is 4. The average Bonchev–Trinajstić information content (AvgIpc) is 2.27. The molecule has 11 heteroatoms. The van der Waals surface area contributed by atoms with E-state index in [1.807, 2.05) is 0 Å². The van der Waals surface area contributed by atoms with Crippen LogP contribution in [0.1, 0.15) is 20.8 Å². The van der Waals surface area contributed by atoms with Crippen molar-refractivity contribution >= 4 is 25.7 Å². The minimum absolute atomic E-state index is 0.176. The summed E-state index contributed by atoms with van der Waals surface area (Å²) >= 11 is 0. The number of rotatable bonds is 3. The van der Waals surface area contributed by atoms with Crippen molar-refractivity contribution in [1.29, 1.82) is 0 Å². The Balaban J connectivity index is -0.000000105. The Kier molecular flexibility index (Phi) is 18.4. The highest BCUT2D eigenvalue weighted by Gasteiger charge is 2.00. The second-order valence-corrected chi connectivity index (χ2v) is 4.80. The number of carboxylic acids is 3. The first-order valence-electron chi connectivity index (χ1n) is 5.38. The first-order chi connectivity index (χ1) is 9.93. The molecule has 0 aliphatic heterocycles. The lowest BCUT2D eigenvalue weighted by Crippen LogP contribution is -1.92. The highest BCUT2D eigenvalue weighted by Crippen LogP contribution is 2.25. The van der Waals surface area contributed by atoms with E-state index in [9.17, 15) is 14.4 Å². The fraction of sp³-hybridized carbons (Fsp3) is 0.250. The molecule has 0 fully saturated rings. The van der Waals surface area contributed by atoms with Crippen LogP contribution in [0.25, 0.3) is 0 Å². The van der Waals surface area contributed by atoms with E-state index in [4.69, 9.17) is 34.6 Å². The third kappa shape index (κ3) is 65.5. The van der Waals surface area contributed by atoms with Crippen molar-refractivity contribution in [3.05, 3.63) is 36.5 Å². The van der Waals surface area contributed by atoms with Crippen molar-refractivity contribution in [3.63, 3.8) is 0 Å². The third-order valence-electron chi connectivity index (χ3n) is 1.10. The van der Waals surface area contributed by atoms with E-state index < -0.39 is 25.7 Å². The zero-order valence-electron chi connectivity index (χ0n) is 12.9. The average molecular weight is 356 g/mol. The first kappa shape index (κ1) is 28.8. The van der Waals surface area contributed by atoms with Gasteiger partial charge < -0.3 is 30.0 Å². The van der Waals surface area contributed by atoms with Crippen molar-refractivity contribution in [1.82, 2.24) is 0 Å². The van der Waals surface area contributed by atoms with Gasteiger partial charge in [0.25, 0.3) is 0 Å². The molecule has 134 valence electrons. The first-order valence-corrected chi connectivity index (χ1v) is 6.94. The van der Waals surface area contributed by atoms with Gasteiger partial charge in [-0.3, -0.25) is 0 Å². The lowest BCUT2D eigenvalue weighted by molar-refractivity contribution is -0.133. The molecule has 0 aliphatic carbocycles. The summed E-state index contributed by atoms with van der Waals surface area (Å²) in [5.74, 6) is -2.81. The molecule has 0 aliphatic rings. The van der Waals surface area contributed by atoms with Gasteiger partial charge in [-0.05, 0) is 20.8 Å². The Morgan fingerprint density at radius 1 is 0.652 bits per heavy atom. The van der Waals surface area contributed by atoms with E-state index in [0.29, 0.717) is 0 Å². The smallest absolute Gasteiger partial charge is 0.466 e. The number of aliphatic carboxylic acids is 3. The predicted octanol–water partition coefficient (Wildman–Crippen LogP) is 1.01. The molecule has 0 aromatic carbocycles. The van der Waals surface area contributed by atoms with E-state index in [1.54, 1.807) is 0 Å². The summed E-state index contributed by atoms with van der Waals surface area (Å²) in [6.45, 7) is 13.8. The van der Waals surface area contributed by atoms with Gasteiger partial charge in [0.2, 0.25) is 0 Å². The Morgan fingerprint density at radius 2 is 0.696 bits per heavy atom. The van der Waals surface area contributed by atoms with Crippen LogP contribution in [-0.2, 0) is 18.9 Å². The second kappa shape index (κ2) is 14.7. The maximum atomic E-state index is 9.60. The molecule has 0 aromatic heterocycles. The monoisotopic (exact) mass is 356 g/mol. The van der Waals surface area contributed by atoms with Crippen LogP contribution in [0.5, 0.6) is 0 Å². The maximum Gasteiger partial charge on any atom is 0.466 e. The molecule has 0 rings (SSSR count). The summed E-state index contributed by atoms with van der Waals surface area (Å²) < 4.78 is 8.88. The normalized spacial score (nSPS) is 8.43. The fourth-order valence-corrected chi connectivity index (χ4v) is 0. The standard InChI is InChI=1S/3C4H6O2.H3O4P/c3*1-3(2)4(5)6;1-5(2,3)4/h3*1H2,2H3,(H,5,6);(H3,1,2,3,4). The summed E-state index contributed by atoms with van der Waals surface area (Å²) in [4.78, 5) is 50.4. The van der Waals surface area contributed by atoms with Crippen molar-refractivity contribution in [2.75, 3.05) is 0 Å². The maximum absolute atomic E-state index is 9.60. The zero-order chi connectivity index (χ0) is 20.0.